The van der Waals surface area contributed by atoms with Gasteiger partial charge in [0.25, 0.3) is 0 Å². The van der Waals surface area contributed by atoms with Gasteiger partial charge in [-0.3, -0.25) is 4.79 Å². The summed E-state index contributed by atoms with van der Waals surface area (Å²) in [5.41, 5.74) is 1.78. The SMILES string of the molecule is Cc1ccc(NC(=O)/C=C/c2ccc3c(c2)OCCO3)cc1F. The van der Waals surface area contributed by atoms with Crippen molar-refractivity contribution < 1.29 is 18.7 Å². The molecule has 1 aliphatic rings. The lowest BCUT2D eigenvalue weighted by Crippen LogP contribution is -2.15. The van der Waals surface area contributed by atoms with E-state index in [2.05, 4.69) is 5.32 Å². The molecule has 2 aromatic rings. The van der Waals surface area contributed by atoms with E-state index in [1.54, 1.807) is 31.2 Å². The van der Waals surface area contributed by atoms with Crippen LogP contribution in [0, 0.1) is 12.7 Å². The molecule has 23 heavy (non-hydrogen) atoms. The van der Waals surface area contributed by atoms with Crippen LogP contribution >= 0.6 is 0 Å². The number of nitrogens with one attached hydrogen (secondary N) is 1. The van der Waals surface area contributed by atoms with E-state index in [4.69, 9.17) is 9.47 Å². The third-order valence-corrected chi connectivity index (χ3v) is 3.43. The molecule has 118 valence electrons. The maximum atomic E-state index is 13.4. The number of ether oxygens (including phenoxy) is 2. The van der Waals surface area contributed by atoms with Crippen LogP contribution in [-0.2, 0) is 4.79 Å². The molecule has 0 saturated heterocycles. The largest absolute Gasteiger partial charge is 0.486 e. The van der Waals surface area contributed by atoms with Gasteiger partial charge in [-0.15, -0.1) is 0 Å². The van der Waals surface area contributed by atoms with E-state index in [-0.39, 0.29) is 11.7 Å². The van der Waals surface area contributed by atoms with E-state index in [9.17, 15) is 9.18 Å². The minimum atomic E-state index is -0.349. The number of carbonyl (C=O) groups is 1. The second kappa shape index (κ2) is 6.52. The molecule has 1 aliphatic heterocycles. The zero-order valence-corrected chi connectivity index (χ0v) is 12.6. The summed E-state index contributed by atoms with van der Waals surface area (Å²) in [4.78, 5) is 11.9. The molecule has 4 nitrogen and oxygen atoms in total. The summed E-state index contributed by atoms with van der Waals surface area (Å²) in [6.07, 6.45) is 3.06. The van der Waals surface area contributed by atoms with Crippen molar-refractivity contribution in [3.63, 3.8) is 0 Å². The van der Waals surface area contributed by atoms with Crippen LogP contribution in [0.2, 0.25) is 0 Å². The Balaban J connectivity index is 1.67. The van der Waals surface area contributed by atoms with E-state index in [0.717, 1.165) is 5.56 Å². The Morgan fingerprint density at radius 3 is 2.70 bits per heavy atom. The van der Waals surface area contributed by atoms with Crippen LogP contribution in [0.3, 0.4) is 0 Å². The number of fused-ring (bicyclic) bond motifs is 1. The minimum absolute atomic E-state index is 0.330. The molecular weight excluding hydrogens is 297 g/mol. The average Bonchev–Trinajstić information content (AvgIpc) is 2.56. The Kier molecular flexibility index (Phi) is 4.28. The fraction of sp³-hybridized carbons (Fsp3) is 0.167. The fourth-order valence-corrected chi connectivity index (χ4v) is 2.19. The molecule has 0 radical (unpaired) electrons. The van der Waals surface area contributed by atoms with Crippen LogP contribution in [0.25, 0.3) is 6.08 Å². The monoisotopic (exact) mass is 313 g/mol. The fourth-order valence-electron chi connectivity index (χ4n) is 2.19. The summed E-state index contributed by atoms with van der Waals surface area (Å²) in [7, 11) is 0. The van der Waals surface area contributed by atoms with Crippen molar-refractivity contribution >= 4 is 17.7 Å². The van der Waals surface area contributed by atoms with Gasteiger partial charge in [0, 0.05) is 11.8 Å². The number of carbonyl (C=O) groups excluding carboxylic acids is 1. The third kappa shape index (κ3) is 3.69. The van der Waals surface area contributed by atoms with E-state index >= 15 is 0 Å². The lowest BCUT2D eigenvalue weighted by molar-refractivity contribution is -0.111. The molecule has 0 aliphatic carbocycles. The molecule has 2 aromatic carbocycles. The lowest BCUT2D eigenvalue weighted by atomic mass is 10.1. The number of hydrogen-bond donors (Lipinski definition) is 1. The van der Waals surface area contributed by atoms with Crippen LogP contribution in [0.1, 0.15) is 11.1 Å². The molecule has 0 aromatic heterocycles. The van der Waals surface area contributed by atoms with Gasteiger partial charge in [-0.2, -0.15) is 0 Å². The van der Waals surface area contributed by atoms with Crippen LogP contribution in [0.4, 0.5) is 10.1 Å². The number of anilines is 1. The first kappa shape index (κ1) is 15.1. The Hall–Kier alpha value is -2.82. The maximum Gasteiger partial charge on any atom is 0.248 e. The minimum Gasteiger partial charge on any atom is -0.486 e. The molecule has 0 bridgehead atoms. The summed E-state index contributed by atoms with van der Waals surface area (Å²) in [6, 6.07) is 10.0. The van der Waals surface area contributed by atoms with Crippen LogP contribution < -0.4 is 14.8 Å². The molecule has 1 amide bonds. The molecule has 5 heteroatoms. The van der Waals surface area contributed by atoms with Gasteiger partial charge in [0.1, 0.15) is 19.0 Å². The first-order chi connectivity index (χ1) is 11.1. The average molecular weight is 313 g/mol. The molecular formula is C18H16FNO3. The first-order valence-electron chi connectivity index (χ1n) is 7.27. The van der Waals surface area contributed by atoms with Crippen LogP contribution in [0.5, 0.6) is 11.5 Å². The Labute approximate surface area is 133 Å². The highest BCUT2D eigenvalue weighted by atomic mass is 19.1. The summed E-state index contributed by atoms with van der Waals surface area (Å²) in [6.45, 7) is 2.72. The van der Waals surface area contributed by atoms with Gasteiger partial charge in [-0.25, -0.2) is 4.39 Å². The molecule has 0 unspecified atom stereocenters. The van der Waals surface area contributed by atoms with Crippen molar-refractivity contribution in [2.24, 2.45) is 0 Å². The predicted octanol–water partition coefficient (Wildman–Crippen LogP) is 3.56. The lowest BCUT2D eigenvalue weighted by Gasteiger charge is -2.18. The topological polar surface area (TPSA) is 47.6 Å². The Morgan fingerprint density at radius 1 is 1.13 bits per heavy atom. The van der Waals surface area contributed by atoms with E-state index in [1.807, 2.05) is 12.1 Å². The number of halogens is 1. The molecule has 0 spiro atoms. The van der Waals surface area contributed by atoms with Gasteiger partial charge in [0.05, 0.1) is 0 Å². The zero-order chi connectivity index (χ0) is 16.2. The third-order valence-electron chi connectivity index (χ3n) is 3.43. The summed E-state index contributed by atoms with van der Waals surface area (Å²) in [5.74, 6) is 0.689. The molecule has 3 rings (SSSR count). The zero-order valence-electron chi connectivity index (χ0n) is 12.6. The summed E-state index contributed by atoms with van der Waals surface area (Å²) < 4.78 is 24.4. The van der Waals surface area contributed by atoms with Crippen LogP contribution in [0.15, 0.2) is 42.5 Å². The van der Waals surface area contributed by atoms with Crippen molar-refractivity contribution in [3.8, 4) is 11.5 Å². The van der Waals surface area contributed by atoms with Crippen LogP contribution in [-0.4, -0.2) is 19.1 Å². The highest BCUT2D eigenvalue weighted by Crippen LogP contribution is 2.31. The predicted molar refractivity (Wildman–Crippen MR) is 86.2 cm³/mol. The maximum absolute atomic E-state index is 13.4. The number of aryl methyl sites for hydroxylation is 1. The molecule has 0 fully saturated rings. The number of benzene rings is 2. The van der Waals surface area contributed by atoms with Gasteiger partial charge < -0.3 is 14.8 Å². The summed E-state index contributed by atoms with van der Waals surface area (Å²) in [5, 5.41) is 2.62. The van der Waals surface area contributed by atoms with Gasteiger partial charge in [-0.1, -0.05) is 12.1 Å². The van der Waals surface area contributed by atoms with Gasteiger partial charge in [-0.05, 0) is 48.4 Å². The van der Waals surface area contributed by atoms with Crippen molar-refractivity contribution in [1.82, 2.24) is 0 Å². The van der Waals surface area contributed by atoms with E-state index in [0.29, 0.717) is 36.0 Å². The van der Waals surface area contributed by atoms with E-state index < -0.39 is 0 Å². The normalized spacial score (nSPS) is 13.1. The second-order valence-corrected chi connectivity index (χ2v) is 5.19. The second-order valence-electron chi connectivity index (χ2n) is 5.19. The van der Waals surface area contributed by atoms with E-state index in [1.165, 1.54) is 12.1 Å². The summed E-state index contributed by atoms with van der Waals surface area (Å²) >= 11 is 0. The van der Waals surface area contributed by atoms with Crippen molar-refractivity contribution in [1.29, 1.82) is 0 Å². The Bertz CT molecular complexity index is 771. The number of amides is 1. The van der Waals surface area contributed by atoms with Crippen molar-refractivity contribution in [2.45, 2.75) is 6.92 Å². The highest BCUT2D eigenvalue weighted by Gasteiger charge is 2.10. The van der Waals surface area contributed by atoms with Gasteiger partial charge in [0.15, 0.2) is 11.5 Å². The standard InChI is InChI=1S/C18H16FNO3/c1-12-2-5-14(11-15(12)19)20-18(21)7-4-13-3-6-16-17(10-13)23-9-8-22-16/h2-7,10-11H,8-9H2,1H3,(H,20,21)/b7-4+. The number of rotatable bonds is 3. The number of hydrogen-bond acceptors (Lipinski definition) is 3. The smallest absolute Gasteiger partial charge is 0.248 e. The van der Waals surface area contributed by atoms with Gasteiger partial charge in [0.2, 0.25) is 5.91 Å². The van der Waals surface area contributed by atoms with Crippen molar-refractivity contribution in [3.05, 3.63) is 59.4 Å². The molecule has 1 N–H and O–H groups in total. The molecule has 1 heterocycles. The van der Waals surface area contributed by atoms with Gasteiger partial charge >= 0.3 is 0 Å². The molecule has 0 saturated carbocycles. The quantitative estimate of drug-likeness (QED) is 0.882. The first-order valence-corrected chi connectivity index (χ1v) is 7.27. The Morgan fingerprint density at radius 2 is 1.91 bits per heavy atom. The van der Waals surface area contributed by atoms with Crippen molar-refractivity contribution in [2.75, 3.05) is 18.5 Å². The highest BCUT2D eigenvalue weighted by molar-refractivity contribution is 6.01. The molecule has 0 atom stereocenters.